The molecule has 72 valence electrons. The van der Waals surface area contributed by atoms with Crippen LogP contribution in [0.4, 0.5) is 0 Å². The molecule has 1 aromatic carbocycles. The molecule has 0 bridgehead atoms. The Balaban J connectivity index is 2.54. The van der Waals surface area contributed by atoms with Crippen LogP contribution in [-0.4, -0.2) is 14.8 Å². The average Bonchev–Trinajstić information content (AvgIpc) is 2.47. The van der Waals surface area contributed by atoms with Crippen molar-refractivity contribution >= 4 is 28.1 Å². The first-order valence-electron chi connectivity index (χ1n) is 4.06. The summed E-state index contributed by atoms with van der Waals surface area (Å²) in [4.78, 5) is 4.22. The van der Waals surface area contributed by atoms with Crippen molar-refractivity contribution in [2.45, 2.75) is 0 Å². The molecule has 0 aliphatic rings. The van der Waals surface area contributed by atoms with E-state index in [1.807, 2.05) is 31.3 Å². The zero-order valence-corrected chi connectivity index (χ0v) is 9.89. The van der Waals surface area contributed by atoms with Crippen LogP contribution in [0.25, 0.3) is 11.4 Å². The predicted octanol–water partition coefficient (Wildman–Crippen LogP) is 2.91. The van der Waals surface area contributed by atoms with Gasteiger partial charge in [-0.25, -0.2) is 0 Å². The monoisotopic (exact) mass is 269 g/mol. The molecule has 14 heavy (non-hydrogen) atoms. The molecule has 2 rings (SSSR count). The van der Waals surface area contributed by atoms with E-state index in [4.69, 9.17) is 12.2 Å². The number of nitrogens with zero attached hydrogens (tertiary/aromatic N) is 2. The molecule has 0 aliphatic heterocycles. The number of hydrogen-bond acceptors (Lipinski definition) is 2. The van der Waals surface area contributed by atoms with Crippen molar-refractivity contribution in [2.24, 2.45) is 7.05 Å². The van der Waals surface area contributed by atoms with E-state index < -0.39 is 0 Å². The fourth-order valence-corrected chi connectivity index (χ4v) is 1.70. The average molecular weight is 270 g/mol. The summed E-state index contributed by atoms with van der Waals surface area (Å²) in [6.45, 7) is 0. The fraction of sp³-hybridized carbons (Fsp3) is 0.111. The summed E-state index contributed by atoms with van der Waals surface area (Å²) in [7, 11) is 1.84. The van der Waals surface area contributed by atoms with Crippen molar-refractivity contribution in [3.8, 4) is 11.4 Å². The molecule has 5 heteroatoms. The Bertz CT molecular complexity index is 515. The minimum absolute atomic E-state index is 0.556. The summed E-state index contributed by atoms with van der Waals surface area (Å²) in [5.74, 6) is 0.791. The van der Waals surface area contributed by atoms with Crippen molar-refractivity contribution < 1.29 is 0 Å². The van der Waals surface area contributed by atoms with Crippen molar-refractivity contribution in [3.05, 3.63) is 33.5 Å². The molecule has 0 radical (unpaired) electrons. The molecule has 0 fully saturated rings. The maximum absolute atomic E-state index is 5.02. The van der Waals surface area contributed by atoms with E-state index in [2.05, 4.69) is 26.0 Å². The van der Waals surface area contributed by atoms with Gasteiger partial charge in [0, 0.05) is 17.1 Å². The van der Waals surface area contributed by atoms with Gasteiger partial charge >= 0.3 is 0 Å². The molecule has 0 saturated carbocycles. The van der Waals surface area contributed by atoms with E-state index in [9.17, 15) is 0 Å². The lowest BCUT2D eigenvalue weighted by Crippen LogP contribution is -1.89. The minimum Gasteiger partial charge on any atom is -0.279 e. The van der Waals surface area contributed by atoms with Crippen molar-refractivity contribution in [2.75, 3.05) is 0 Å². The number of aromatic amines is 1. The Morgan fingerprint density at radius 2 is 2.29 bits per heavy atom. The van der Waals surface area contributed by atoms with Gasteiger partial charge in [0.2, 0.25) is 4.77 Å². The van der Waals surface area contributed by atoms with Crippen molar-refractivity contribution in [3.63, 3.8) is 0 Å². The number of aromatic nitrogens is 3. The number of halogens is 1. The summed E-state index contributed by atoms with van der Waals surface area (Å²) in [6, 6.07) is 7.91. The van der Waals surface area contributed by atoms with Gasteiger partial charge in [-0.1, -0.05) is 28.1 Å². The summed E-state index contributed by atoms with van der Waals surface area (Å²) < 4.78 is 3.30. The number of aryl methyl sites for hydroxylation is 1. The highest BCUT2D eigenvalue weighted by atomic mass is 79.9. The first-order chi connectivity index (χ1) is 6.66. The van der Waals surface area contributed by atoms with E-state index in [1.54, 1.807) is 4.68 Å². The summed E-state index contributed by atoms with van der Waals surface area (Å²) in [5.41, 5.74) is 1.02. The van der Waals surface area contributed by atoms with Crippen molar-refractivity contribution in [1.82, 2.24) is 14.8 Å². The van der Waals surface area contributed by atoms with E-state index in [0.717, 1.165) is 15.9 Å². The van der Waals surface area contributed by atoms with E-state index in [0.29, 0.717) is 4.77 Å². The normalized spacial score (nSPS) is 10.4. The first kappa shape index (κ1) is 9.61. The summed E-state index contributed by atoms with van der Waals surface area (Å²) in [5, 5.41) is 3.07. The third kappa shape index (κ3) is 1.78. The second-order valence-electron chi connectivity index (χ2n) is 2.92. The molecule has 2 aromatic rings. The third-order valence-corrected chi connectivity index (χ3v) is 2.72. The first-order valence-corrected chi connectivity index (χ1v) is 5.26. The number of rotatable bonds is 1. The number of hydrogen-bond donors (Lipinski definition) is 1. The Hall–Kier alpha value is -0.940. The summed E-state index contributed by atoms with van der Waals surface area (Å²) >= 11 is 8.43. The van der Waals surface area contributed by atoms with Crippen LogP contribution in [0.2, 0.25) is 0 Å². The number of nitrogens with one attached hydrogen (secondary N) is 1. The molecule has 3 nitrogen and oxygen atoms in total. The Labute approximate surface area is 94.9 Å². The van der Waals surface area contributed by atoms with Gasteiger partial charge in [-0.3, -0.25) is 9.78 Å². The van der Waals surface area contributed by atoms with Crippen LogP contribution in [0.1, 0.15) is 0 Å². The number of H-pyrrole nitrogens is 1. The highest BCUT2D eigenvalue weighted by molar-refractivity contribution is 9.10. The van der Waals surface area contributed by atoms with Crippen LogP contribution in [0, 0.1) is 4.77 Å². The lowest BCUT2D eigenvalue weighted by Gasteiger charge is -1.96. The Morgan fingerprint density at radius 1 is 1.50 bits per heavy atom. The minimum atomic E-state index is 0.556. The van der Waals surface area contributed by atoms with Gasteiger partial charge in [-0.05, 0) is 24.4 Å². The molecule has 1 aromatic heterocycles. The van der Waals surface area contributed by atoms with Gasteiger partial charge in [-0.2, -0.15) is 4.98 Å². The van der Waals surface area contributed by atoms with Gasteiger partial charge in [0.15, 0.2) is 5.82 Å². The zero-order valence-electron chi connectivity index (χ0n) is 7.49. The van der Waals surface area contributed by atoms with Gasteiger partial charge < -0.3 is 0 Å². The molecular formula is C9H8BrN3S. The molecular weight excluding hydrogens is 262 g/mol. The van der Waals surface area contributed by atoms with E-state index in [-0.39, 0.29) is 0 Å². The second kappa shape index (κ2) is 3.67. The van der Waals surface area contributed by atoms with Crippen LogP contribution in [-0.2, 0) is 7.05 Å². The Morgan fingerprint density at radius 3 is 2.86 bits per heavy atom. The molecule has 0 atom stereocenters. The zero-order chi connectivity index (χ0) is 10.1. The predicted molar refractivity (Wildman–Crippen MR) is 61.5 cm³/mol. The fourth-order valence-electron chi connectivity index (χ4n) is 1.17. The van der Waals surface area contributed by atoms with Crippen LogP contribution >= 0.6 is 28.1 Å². The standard InChI is InChI=1S/C9H8BrN3S/c1-13-9(14)11-8(12-13)6-3-2-4-7(10)5-6/h2-5H,1H3,(H,11,12,14). The van der Waals surface area contributed by atoms with Crippen LogP contribution < -0.4 is 0 Å². The van der Waals surface area contributed by atoms with Gasteiger partial charge in [-0.15, -0.1) is 0 Å². The SMILES string of the molecule is Cn1[nH]c(-c2cccc(Br)c2)nc1=S. The highest BCUT2D eigenvalue weighted by Crippen LogP contribution is 2.19. The lowest BCUT2D eigenvalue weighted by molar-refractivity contribution is 0.756. The van der Waals surface area contributed by atoms with Gasteiger partial charge in [0.05, 0.1) is 0 Å². The van der Waals surface area contributed by atoms with Crippen LogP contribution in [0.15, 0.2) is 28.7 Å². The topological polar surface area (TPSA) is 33.6 Å². The van der Waals surface area contributed by atoms with E-state index in [1.165, 1.54) is 0 Å². The summed E-state index contributed by atoms with van der Waals surface area (Å²) in [6.07, 6.45) is 0. The van der Waals surface area contributed by atoms with Crippen LogP contribution in [0.3, 0.4) is 0 Å². The number of benzene rings is 1. The molecule has 0 amide bonds. The molecule has 0 spiro atoms. The molecule has 0 saturated heterocycles. The third-order valence-electron chi connectivity index (χ3n) is 1.87. The van der Waals surface area contributed by atoms with E-state index >= 15 is 0 Å². The van der Waals surface area contributed by atoms with Crippen molar-refractivity contribution in [1.29, 1.82) is 0 Å². The Kier molecular flexibility index (Phi) is 2.52. The quantitative estimate of drug-likeness (QED) is 0.808. The van der Waals surface area contributed by atoms with Gasteiger partial charge in [0.25, 0.3) is 0 Å². The highest BCUT2D eigenvalue weighted by Gasteiger charge is 2.02. The maximum atomic E-state index is 5.02. The maximum Gasteiger partial charge on any atom is 0.216 e. The largest absolute Gasteiger partial charge is 0.279 e. The second-order valence-corrected chi connectivity index (χ2v) is 4.20. The molecule has 1 N–H and O–H groups in total. The lowest BCUT2D eigenvalue weighted by atomic mass is 10.2. The smallest absolute Gasteiger partial charge is 0.216 e. The van der Waals surface area contributed by atoms with Crippen LogP contribution in [0.5, 0.6) is 0 Å². The molecule has 0 unspecified atom stereocenters. The molecule has 1 heterocycles. The van der Waals surface area contributed by atoms with Gasteiger partial charge in [0.1, 0.15) is 0 Å². The molecule has 0 aliphatic carbocycles.